The van der Waals surface area contributed by atoms with Gasteiger partial charge in [-0.25, -0.2) is 4.79 Å². The number of thiophene rings is 1. The molecule has 0 fully saturated rings. The largest absolute Gasteiger partial charge is 0.490 e. The Morgan fingerprint density at radius 3 is 2.60 bits per heavy atom. The zero-order valence-electron chi connectivity index (χ0n) is 13.4. The molecule has 7 heteroatoms. The van der Waals surface area contributed by atoms with Crippen molar-refractivity contribution in [2.75, 3.05) is 11.9 Å². The molecule has 0 radical (unpaired) electrons. The third kappa shape index (κ3) is 4.07. The maximum atomic E-state index is 12.3. The van der Waals surface area contributed by atoms with Crippen molar-refractivity contribution in [1.82, 2.24) is 0 Å². The zero-order chi connectivity index (χ0) is 17.6. The van der Waals surface area contributed by atoms with Gasteiger partial charge in [-0.2, -0.15) is 0 Å². The van der Waals surface area contributed by atoms with Gasteiger partial charge < -0.3 is 19.2 Å². The molecule has 25 heavy (non-hydrogen) atoms. The van der Waals surface area contributed by atoms with Crippen LogP contribution in [0.5, 0.6) is 11.5 Å². The lowest BCUT2D eigenvalue weighted by atomic mass is 10.3. The molecule has 1 amide bonds. The van der Waals surface area contributed by atoms with Crippen LogP contribution < -0.4 is 14.8 Å². The number of carbonyl (C=O) groups is 2. The molecule has 0 atom stereocenters. The second-order valence-electron chi connectivity index (χ2n) is 4.86. The first kappa shape index (κ1) is 16.8. The van der Waals surface area contributed by atoms with E-state index in [4.69, 9.17) is 13.9 Å². The van der Waals surface area contributed by atoms with E-state index in [0.29, 0.717) is 28.0 Å². The molecule has 3 aromatic rings. The zero-order valence-corrected chi connectivity index (χ0v) is 14.2. The molecule has 0 aliphatic heterocycles. The summed E-state index contributed by atoms with van der Waals surface area (Å²) in [6.07, 6.45) is 1.42. The number of amides is 1. The number of ether oxygens (including phenoxy) is 2. The number of carbonyl (C=O) groups excluding carboxylic acids is 2. The summed E-state index contributed by atoms with van der Waals surface area (Å²) in [5.41, 5.74) is 0. The Kier molecular flexibility index (Phi) is 5.15. The lowest BCUT2D eigenvalue weighted by Crippen LogP contribution is -2.09. The topological polar surface area (TPSA) is 77.8 Å². The summed E-state index contributed by atoms with van der Waals surface area (Å²) < 4.78 is 15.8. The monoisotopic (exact) mass is 357 g/mol. The molecule has 3 rings (SSSR count). The van der Waals surface area contributed by atoms with Crippen molar-refractivity contribution in [1.29, 1.82) is 0 Å². The summed E-state index contributed by atoms with van der Waals surface area (Å²) in [6, 6.07) is 13.4. The Bertz CT molecular complexity index is 869. The summed E-state index contributed by atoms with van der Waals surface area (Å²) in [6.45, 7) is 2.32. The molecular weight excluding hydrogens is 342 g/mol. The van der Waals surface area contributed by atoms with Crippen LogP contribution in [-0.2, 0) is 0 Å². The Morgan fingerprint density at radius 1 is 1.08 bits per heavy atom. The average molecular weight is 357 g/mol. The third-order valence-electron chi connectivity index (χ3n) is 3.14. The average Bonchev–Trinajstić information content (AvgIpc) is 3.28. The predicted octanol–water partition coefficient (Wildman–Crippen LogP) is 4.21. The minimum atomic E-state index is -0.518. The Morgan fingerprint density at radius 2 is 1.88 bits per heavy atom. The summed E-state index contributed by atoms with van der Waals surface area (Å²) >= 11 is 1.12. The number of benzene rings is 1. The highest BCUT2D eigenvalue weighted by Crippen LogP contribution is 2.29. The Hall–Kier alpha value is -3.06. The summed E-state index contributed by atoms with van der Waals surface area (Å²) in [4.78, 5) is 24.6. The molecule has 2 heterocycles. The van der Waals surface area contributed by atoms with E-state index in [2.05, 4.69) is 5.32 Å². The van der Waals surface area contributed by atoms with Gasteiger partial charge in [-0.1, -0.05) is 12.1 Å². The summed E-state index contributed by atoms with van der Waals surface area (Å²) in [5, 5.41) is 3.19. The number of rotatable bonds is 6. The molecule has 2 aromatic heterocycles. The molecule has 1 aromatic carbocycles. The molecule has 0 spiro atoms. The van der Waals surface area contributed by atoms with Gasteiger partial charge in [0.1, 0.15) is 4.88 Å². The fourth-order valence-corrected chi connectivity index (χ4v) is 2.83. The fraction of sp³-hybridized carbons (Fsp3) is 0.111. The number of para-hydroxylation sites is 2. The van der Waals surface area contributed by atoms with Crippen LogP contribution in [0.3, 0.4) is 0 Å². The number of esters is 1. The highest BCUT2D eigenvalue weighted by atomic mass is 32.1. The van der Waals surface area contributed by atoms with Gasteiger partial charge in [-0.3, -0.25) is 4.79 Å². The van der Waals surface area contributed by atoms with E-state index in [1.807, 2.05) is 6.92 Å². The minimum absolute atomic E-state index is 0.197. The minimum Gasteiger partial charge on any atom is -0.490 e. The third-order valence-corrected chi connectivity index (χ3v) is 4.12. The van der Waals surface area contributed by atoms with Crippen molar-refractivity contribution in [3.8, 4) is 11.5 Å². The highest BCUT2D eigenvalue weighted by molar-refractivity contribution is 7.18. The van der Waals surface area contributed by atoms with Crippen molar-refractivity contribution in [3.63, 3.8) is 0 Å². The van der Waals surface area contributed by atoms with Crippen molar-refractivity contribution in [3.05, 3.63) is 65.4 Å². The standard InChI is InChI=1S/C18H15NO5S/c1-2-22-12-6-3-4-7-13(12)24-18(21)15-9-10-16(25-15)19-17(20)14-8-5-11-23-14/h3-11H,2H2,1H3,(H,19,20). The first-order chi connectivity index (χ1) is 12.2. The van der Waals surface area contributed by atoms with Crippen LogP contribution in [0.25, 0.3) is 0 Å². The molecule has 0 bridgehead atoms. The number of furan rings is 1. The molecule has 0 saturated carbocycles. The lowest BCUT2D eigenvalue weighted by molar-refractivity contribution is 0.0733. The maximum absolute atomic E-state index is 12.3. The van der Waals surface area contributed by atoms with Gasteiger partial charge in [0.15, 0.2) is 17.3 Å². The van der Waals surface area contributed by atoms with Crippen molar-refractivity contribution < 1.29 is 23.5 Å². The van der Waals surface area contributed by atoms with E-state index in [0.717, 1.165) is 11.3 Å². The van der Waals surface area contributed by atoms with Crippen LogP contribution >= 0.6 is 11.3 Å². The van der Waals surface area contributed by atoms with E-state index < -0.39 is 5.97 Å². The van der Waals surface area contributed by atoms with Crippen molar-refractivity contribution >= 4 is 28.2 Å². The quantitative estimate of drug-likeness (QED) is 0.528. The maximum Gasteiger partial charge on any atom is 0.353 e. The second-order valence-corrected chi connectivity index (χ2v) is 5.95. The van der Waals surface area contributed by atoms with Crippen molar-refractivity contribution in [2.45, 2.75) is 6.92 Å². The van der Waals surface area contributed by atoms with Crippen LogP contribution in [0.1, 0.15) is 27.2 Å². The van der Waals surface area contributed by atoms with E-state index in [9.17, 15) is 9.59 Å². The van der Waals surface area contributed by atoms with E-state index in [1.54, 1.807) is 48.5 Å². The van der Waals surface area contributed by atoms with Gasteiger partial charge in [-0.05, 0) is 43.3 Å². The van der Waals surface area contributed by atoms with Gasteiger partial charge in [0, 0.05) is 0 Å². The molecule has 128 valence electrons. The Labute approximate surface area is 148 Å². The normalized spacial score (nSPS) is 10.3. The van der Waals surface area contributed by atoms with Gasteiger partial charge >= 0.3 is 5.97 Å². The number of nitrogens with one attached hydrogen (secondary N) is 1. The van der Waals surface area contributed by atoms with E-state index >= 15 is 0 Å². The smallest absolute Gasteiger partial charge is 0.353 e. The molecule has 0 aliphatic carbocycles. The van der Waals surface area contributed by atoms with Crippen LogP contribution in [0.4, 0.5) is 5.00 Å². The molecule has 0 aliphatic rings. The van der Waals surface area contributed by atoms with Gasteiger partial charge in [-0.15, -0.1) is 11.3 Å². The molecule has 6 nitrogen and oxygen atoms in total. The Balaban J connectivity index is 1.68. The molecule has 0 unspecified atom stereocenters. The SMILES string of the molecule is CCOc1ccccc1OC(=O)c1ccc(NC(=O)c2ccco2)s1. The fourth-order valence-electron chi connectivity index (χ4n) is 2.06. The molecule has 1 N–H and O–H groups in total. The van der Waals surface area contributed by atoms with Crippen LogP contribution in [0, 0.1) is 0 Å². The van der Waals surface area contributed by atoms with Crippen molar-refractivity contribution in [2.24, 2.45) is 0 Å². The summed E-state index contributed by atoms with van der Waals surface area (Å²) in [5.74, 6) is 0.150. The van der Waals surface area contributed by atoms with Crippen LogP contribution in [0.2, 0.25) is 0 Å². The van der Waals surface area contributed by atoms with Crippen LogP contribution in [-0.4, -0.2) is 18.5 Å². The lowest BCUT2D eigenvalue weighted by Gasteiger charge is -2.09. The van der Waals surface area contributed by atoms with Gasteiger partial charge in [0.05, 0.1) is 17.9 Å². The number of anilines is 1. The van der Waals surface area contributed by atoms with Gasteiger partial charge in [0.25, 0.3) is 5.91 Å². The summed E-state index contributed by atoms with van der Waals surface area (Å²) in [7, 11) is 0. The first-order valence-electron chi connectivity index (χ1n) is 7.56. The van der Waals surface area contributed by atoms with Gasteiger partial charge in [0.2, 0.25) is 0 Å². The molecule has 0 saturated heterocycles. The van der Waals surface area contributed by atoms with E-state index in [1.165, 1.54) is 6.26 Å². The molecular formula is C18H15NO5S. The second kappa shape index (κ2) is 7.67. The van der Waals surface area contributed by atoms with E-state index in [-0.39, 0.29) is 11.7 Å². The first-order valence-corrected chi connectivity index (χ1v) is 8.37. The van der Waals surface area contributed by atoms with Crippen LogP contribution in [0.15, 0.2) is 59.2 Å². The number of hydrogen-bond acceptors (Lipinski definition) is 6. The highest BCUT2D eigenvalue weighted by Gasteiger charge is 2.16. The predicted molar refractivity (Wildman–Crippen MR) is 93.5 cm³/mol. The number of hydrogen-bond donors (Lipinski definition) is 1.